The van der Waals surface area contributed by atoms with E-state index >= 15 is 0 Å². The minimum atomic E-state index is -0.801. The second-order valence-electron chi connectivity index (χ2n) is 8.88. The third-order valence-corrected chi connectivity index (χ3v) is 6.48. The number of nitrogens with one attached hydrogen (secondary N) is 1. The van der Waals surface area contributed by atoms with E-state index < -0.39 is 5.60 Å². The van der Waals surface area contributed by atoms with Crippen molar-refractivity contribution in [3.63, 3.8) is 0 Å². The van der Waals surface area contributed by atoms with Crippen molar-refractivity contribution < 1.29 is 9.90 Å². The van der Waals surface area contributed by atoms with Crippen LogP contribution in [-0.2, 0) is 4.79 Å². The number of hydrogen-bond donors (Lipinski definition) is 2. The summed E-state index contributed by atoms with van der Waals surface area (Å²) < 4.78 is 0. The average Bonchev–Trinajstić information content (AvgIpc) is 2.76. The van der Waals surface area contributed by atoms with Crippen molar-refractivity contribution in [3.8, 4) is 0 Å². The van der Waals surface area contributed by atoms with E-state index in [1.807, 2.05) is 42.2 Å². The van der Waals surface area contributed by atoms with Crippen molar-refractivity contribution in [1.29, 1.82) is 0 Å². The number of aryl methyl sites for hydroxylation is 1. The Kier molecular flexibility index (Phi) is 6.32. The van der Waals surface area contributed by atoms with Gasteiger partial charge < -0.3 is 15.3 Å². The highest BCUT2D eigenvalue weighted by Crippen LogP contribution is 2.33. The fourth-order valence-electron chi connectivity index (χ4n) is 4.71. The molecular weight excluding hydrogens is 376 g/mol. The van der Waals surface area contributed by atoms with Gasteiger partial charge >= 0.3 is 0 Å². The lowest BCUT2D eigenvalue weighted by atomic mass is 9.82. The molecule has 3 heterocycles. The normalized spacial score (nSPS) is 21.3. The molecule has 1 unspecified atom stereocenters. The van der Waals surface area contributed by atoms with Crippen LogP contribution in [0.4, 0.5) is 11.6 Å². The summed E-state index contributed by atoms with van der Waals surface area (Å²) in [6.07, 6.45) is 8.71. The van der Waals surface area contributed by atoms with Crippen LogP contribution >= 0.6 is 0 Å². The van der Waals surface area contributed by atoms with Gasteiger partial charge in [0.05, 0.1) is 12.0 Å². The van der Waals surface area contributed by atoms with Crippen LogP contribution in [-0.4, -0.2) is 44.6 Å². The van der Waals surface area contributed by atoms with Crippen LogP contribution < -0.4 is 5.32 Å². The zero-order valence-corrected chi connectivity index (χ0v) is 17.8. The van der Waals surface area contributed by atoms with Crippen molar-refractivity contribution in [1.82, 2.24) is 14.9 Å². The standard InChI is InChI=1S/C24H32N4O2/c1-18-8-6-14-25-23(18)27-21-11-5-10-20(26-21)19-9-7-15-28(17-19)22(29)16-24(30)12-3-2-4-13-24/h5-6,8,10-11,14,19,30H,2-4,7,9,12-13,15-17H2,1H3,(H,25,26,27). The van der Waals surface area contributed by atoms with E-state index in [9.17, 15) is 9.90 Å². The molecule has 2 fully saturated rings. The molecule has 2 N–H and O–H groups in total. The molecule has 2 aromatic heterocycles. The molecule has 0 bridgehead atoms. The van der Waals surface area contributed by atoms with Crippen LogP contribution in [0.2, 0.25) is 0 Å². The molecule has 6 heteroatoms. The Labute approximate surface area is 178 Å². The predicted octanol–water partition coefficient (Wildman–Crippen LogP) is 4.32. The van der Waals surface area contributed by atoms with Gasteiger partial charge in [0.2, 0.25) is 5.91 Å². The Morgan fingerprint density at radius 3 is 2.83 bits per heavy atom. The number of aliphatic hydroxyl groups is 1. The maximum absolute atomic E-state index is 12.9. The first-order valence-electron chi connectivity index (χ1n) is 11.2. The van der Waals surface area contributed by atoms with Crippen molar-refractivity contribution in [2.24, 2.45) is 0 Å². The Bertz CT molecular complexity index is 879. The fraction of sp³-hybridized carbons (Fsp3) is 0.542. The highest BCUT2D eigenvalue weighted by molar-refractivity contribution is 5.77. The predicted molar refractivity (Wildman–Crippen MR) is 118 cm³/mol. The number of hydrogen-bond acceptors (Lipinski definition) is 5. The zero-order valence-electron chi connectivity index (χ0n) is 17.8. The number of rotatable bonds is 5. The third-order valence-electron chi connectivity index (χ3n) is 6.48. The van der Waals surface area contributed by atoms with Crippen LogP contribution in [0, 0.1) is 6.92 Å². The SMILES string of the molecule is Cc1cccnc1Nc1cccc(C2CCCN(C(=O)CC3(O)CCCCC3)C2)n1. The van der Waals surface area contributed by atoms with Crippen molar-refractivity contribution >= 4 is 17.5 Å². The Morgan fingerprint density at radius 2 is 2.03 bits per heavy atom. The summed E-state index contributed by atoms with van der Waals surface area (Å²) in [5.41, 5.74) is 1.27. The van der Waals surface area contributed by atoms with Crippen LogP contribution in [0.5, 0.6) is 0 Å². The van der Waals surface area contributed by atoms with E-state index in [1.165, 1.54) is 0 Å². The van der Waals surface area contributed by atoms with Crippen molar-refractivity contribution in [2.45, 2.75) is 69.8 Å². The first-order valence-corrected chi connectivity index (χ1v) is 11.2. The van der Waals surface area contributed by atoms with Gasteiger partial charge in [-0.2, -0.15) is 0 Å². The molecule has 0 spiro atoms. The maximum Gasteiger partial charge on any atom is 0.225 e. The lowest BCUT2D eigenvalue weighted by molar-refractivity contribution is -0.139. The van der Waals surface area contributed by atoms with Crippen LogP contribution in [0.3, 0.4) is 0 Å². The van der Waals surface area contributed by atoms with E-state index in [1.54, 1.807) is 6.20 Å². The molecule has 1 aliphatic heterocycles. The number of aromatic nitrogens is 2. The smallest absolute Gasteiger partial charge is 0.225 e. The van der Waals surface area contributed by atoms with E-state index in [4.69, 9.17) is 4.98 Å². The number of anilines is 2. The number of amides is 1. The maximum atomic E-state index is 12.9. The van der Waals surface area contributed by atoms with Gasteiger partial charge in [-0.05, 0) is 56.4 Å². The molecule has 1 saturated heterocycles. The summed E-state index contributed by atoms with van der Waals surface area (Å²) in [6, 6.07) is 9.94. The zero-order chi connectivity index (χ0) is 21.0. The van der Waals surface area contributed by atoms with Crippen LogP contribution in [0.25, 0.3) is 0 Å². The molecule has 1 atom stereocenters. The Hall–Kier alpha value is -2.47. The molecule has 30 heavy (non-hydrogen) atoms. The summed E-state index contributed by atoms with van der Waals surface area (Å²) in [6.45, 7) is 3.47. The van der Waals surface area contributed by atoms with Gasteiger partial charge in [-0.15, -0.1) is 0 Å². The Morgan fingerprint density at radius 1 is 1.20 bits per heavy atom. The minimum absolute atomic E-state index is 0.0856. The van der Waals surface area contributed by atoms with Gasteiger partial charge in [0.1, 0.15) is 11.6 Å². The topological polar surface area (TPSA) is 78.4 Å². The third kappa shape index (κ3) is 4.98. The second kappa shape index (κ2) is 9.13. The highest BCUT2D eigenvalue weighted by Gasteiger charge is 2.35. The molecule has 1 saturated carbocycles. The van der Waals surface area contributed by atoms with Crippen LogP contribution in [0.15, 0.2) is 36.5 Å². The average molecular weight is 409 g/mol. The lowest BCUT2D eigenvalue weighted by Crippen LogP contribution is -2.44. The van der Waals surface area contributed by atoms with Gasteiger partial charge in [0, 0.05) is 30.9 Å². The number of piperidine rings is 1. The monoisotopic (exact) mass is 408 g/mol. The number of nitrogens with zero attached hydrogens (tertiary/aromatic N) is 3. The van der Waals surface area contributed by atoms with Gasteiger partial charge in [-0.25, -0.2) is 9.97 Å². The highest BCUT2D eigenvalue weighted by atomic mass is 16.3. The molecule has 160 valence electrons. The lowest BCUT2D eigenvalue weighted by Gasteiger charge is -2.37. The van der Waals surface area contributed by atoms with E-state index in [0.717, 1.165) is 74.4 Å². The van der Waals surface area contributed by atoms with Crippen molar-refractivity contribution in [3.05, 3.63) is 47.8 Å². The fourth-order valence-corrected chi connectivity index (χ4v) is 4.71. The number of likely N-dealkylation sites (tertiary alicyclic amines) is 1. The van der Waals surface area contributed by atoms with Crippen molar-refractivity contribution in [2.75, 3.05) is 18.4 Å². The molecular formula is C24H32N4O2. The summed E-state index contributed by atoms with van der Waals surface area (Å²) in [5, 5.41) is 14.1. The van der Waals surface area contributed by atoms with Gasteiger partial charge in [-0.3, -0.25) is 4.79 Å². The number of carbonyl (C=O) groups is 1. The van der Waals surface area contributed by atoms with E-state index in [-0.39, 0.29) is 18.2 Å². The minimum Gasteiger partial charge on any atom is -0.389 e. The van der Waals surface area contributed by atoms with Gasteiger partial charge in [-0.1, -0.05) is 31.4 Å². The molecule has 2 aliphatic rings. The summed E-state index contributed by atoms with van der Waals surface area (Å²) in [4.78, 5) is 24.1. The summed E-state index contributed by atoms with van der Waals surface area (Å²) >= 11 is 0. The first kappa shape index (κ1) is 20.8. The molecule has 1 aliphatic carbocycles. The number of pyridine rings is 2. The quantitative estimate of drug-likeness (QED) is 0.770. The molecule has 2 aromatic rings. The molecule has 6 nitrogen and oxygen atoms in total. The largest absolute Gasteiger partial charge is 0.389 e. The van der Waals surface area contributed by atoms with Gasteiger partial charge in [0.15, 0.2) is 0 Å². The molecule has 4 rings (SSSR count). The van der Waals surface area contributed by atoms with Gasteiger partial charge in [0.25, 0.3) is 0 Å². The van der Waals surface area contributed by atoms with Crippen LogP contribution in [0.1, 0.15) is 68.5 Å². The Balaban J connectivity index is 1.42. The molecule has 0 radical (unpaired) electrons. The van der Waals surface area contributed by atoms with E-state index in [2.05, 4.69) is 10.3 Å². The summed E-state index contributed by atoms with van der Waals surface area (Å²) in [5.74, 6) is 1.88. The number of carbonyl (C=O) groups excluding carboxylic acids is 1. The second-order valence-corrected chi connectivity index (χ2v) is 8.88. The summed E-state index contributed by atoms with van der Waals surface area (Å²) in [7, 11) is 0. The molecule has 0 aromatic carbocycles. The first-order chi connectivity index (χ1) is 14.5. The van der Waals surface area contributed by atoms with E-state index in [0.29, 0.717) is 6.54 Å². The molecule has 1 amide bonds.